The van der Waals surface area contributed by atoms with E-state index in [2.05, 4.69) is 102 Å². The van der Waals surface area contributed by atoms with Crippen LogP contribution in [0, 0.1) is 45.1 Å². The molecule has 19 rings (SSSR count). The number of nitrogens with zero attached hydrogens (tertiary/aromatic N) is 12. The molecule has 0 aliphatic carbocycles. The number of anilines is 4. The van der Waals surface area contributed by atoms with Crippen LogP contribution in [0.1, 0.15) is 74.1 Å². The predicted molar refractivity (Wildman–Crippen MR) is 557 cm³/mol. The molecular weight excluding hydrogens is 1980 g/mol. The molecule has 748 valence electrons. The summed E-state index contributed by atoms with van der Waals surface area (Å²) < 4.78 is 175. The van der Waals surface area contributed by atoms with E-state index in [-0.39, 0.29) is 56.7 Å². The van der Waals surface area contributed by atoms with Crippen LogP contribution in [0.2, 0.25) is 9.36 Å². The van der Waals surface area contributed by atoms with Gasteiger partial charge in [-0.25, -0.2) is 89.8 Å². The summed E-state index contributed by atoms with van der Waals surface area (Å²) >= 11 is 13.4. The first-order valence-electron chi connectivity index (χ1n) is 45.0. The number of hydrogen-bond donors (Lipinski definition) is 4. The van der Waals surface area contributed by atoms with Crippen molar-refractivity contribution < 1.29 is 86.8 Å². The van der Waals surface area contributed by atoms with E-state index >= 15 is 0 Å². The Balaban J connectivity index is 0.000000137. The molecule has 6 aromatic carbocycles. The summed E-state index contributed by atoms with van der Waals surface area (Å²) in [6.07, 6.45) is 20.9. The lowest BCUT2D eigenvalue weighted by Crippen LogP contribution is -2.26. The van der Waals surface area contributed by atoms with E-state index < -0.39 is 56.3 Å². The van der Waals surface area contributed by atoms with E-state index in [1.807, 2.05) is 88.4 Å². The van der Waals surface area contributed by atoms with E-state index in [1.54, 1.807) is 61.7 Å². The van der Waals surface area contributed by atoms with E-state index in [4.69, 9.17) is 80.0 Å². The number of thiophene rings is 1. The van der Waals surface area contributed by atoms with E-state index in [1.165, 1.54) is 70.8 Å². The fraction of sp³-hybridized carbons (Fsp3) is 0.287. The molecule has 0 radical (unpaired) electrons. The average Bonchev–Trinajstić information content (AvgIpc) is 0.949. The Morgan fingerprint density at radius 2 is 0.636 bits per heavy atom. The molecule has 15 aromatic rings. The molecule has 4 fully saturated rings. The van der Waals surface area contributed by atoms with Gasteiger partial charge in [0.1, 0.15) is 139 Å². The molecular formula is C101H103Cl2F3N16O16S5. The molecule has 4 atom stereocenters. The van der Waals surface area contributed by atoms with Crippen molar-refractivity contribution in [1.82, 2.24) is 59.8 Å². The summed E-state index contributed by atoms with van der Waals surface area (Å²) in [5.41, 5.74) is 14.0. The molecule has 4 aliphatic heterocycles. The smallest absolute Gasteiger partial charge is 0.238 e. The fourth-order valence-corrected chi connectivity index (χ4v) is 22.7. The summed E-state index contributed by atoms with van der Waals surface area (Å²) in [7, 11) is -6.11. The number of nitrogens with one attached hydrogen (secondary N) is 4. The molecule has 0 saturated carbocycles. The number of pyridine rings is 4. The Labute approximate surface area is 839 Å². The minimum atomic E-state index is -3.43. The third-order valence-corrected chi connectivity index (χ3v) is 31.2. The molecule has 4 aliphatic rings. The molecule has 4 N–H and O–H groups in total. The second-order valence-electron chi connectivity index (χ2n) is 33.8. The number of aromatic nitrogens is 12. The highest BCUT2D eigenvalue weighted by Crippen LogP contribution is 2.44. The van der Waals surface area contributed by atoms with Crippen molar-refractivity contribution in [1.29, 1.82) is 0 Å². The standard InChI is InChI=1S/C27H26ClFN4O4S.C27H26F2N4O4S.C25H25ClN4O4S2.C22H26N4O4S/c1-16-21-10-17(12-24(26(21)32-15-31-16)37-20-6-8-36-9-7-20)18-11-23(27(35-2)30-14-18)33-38(3,34)25-5-4-19(29)13-22(25)28;1-16-21-10-17(12-24(26(21)32-15-31-16)37-20-6-8-36-9-7-20)18-11-23(27(35-2)30-14-18)33-38(3,34)25-5-4-19(28)13-22(25)29;1-15-19-10-16(12-21(24(19)29-14-28-15)34-18-6-8-33-9-7-18)17-11-20(25(32-2)27-13-17)30-36(3,31)23-5-4-22(26)35-23;1-14-18-9-15(16-10-19(26-31(3,4)27)22(28-2)23-12-16)11-20(21(18)25-13-24-14)30-17-5-7-29-8-6-17/h2*4-5,10-15,20H,3,6-9H2,1-2H3,(H,33,34);4-5,10-14,18H,3,6-9H2,1-2H3,(H,30,31);9-13,17H,3,5-8H2,1-2,4H3,(H,26,27). The highest BCUT2D eigenvalue weighted by molar-refractivity contribution is 8.03. The maximum absolute atomic E-state index is 14.4. The summed E-state index contributed by atoms with van der Waals surface area (Å²) in [6, 6.07) is 32.5. The Hall–Kier alpha value is -13.1. The first-order valence-corrected chi connectivity index (χ1v) is 53.9. The minimum Gasteiger partial charge on any atom is -0.488 e. The zero-order valence-corrected chi connectivity index (χ0v) is 85.0. The lowest BCUT2D eigenvalue weighted by Gasteiger charge is -2.24. The van der Waals surface area contributed by atoms with Crippen molar-refractivity contribution in [3.05, 3.63) is 221 Å². The molecule has 143 heavy (non-hydrogen) atoms. The number of benzene rings is 6. The maximum atomic E-state index is 14.4. The molecule has 4 saturated heterocycles. The van der Waals surface area contributed by atoms with Gasteiger partial charge in [0.2, 0.25) is 23.5 Å². The topological polar surface area (TPSA) is 382 Å². The molecule has 42 heteroatoms. The van der Waals surface area contributed by atoms with Crippen LogP contribution in [-0.4, -0.2) is 212 Å². The zero-order chi connectivity index (χ0) is 101. The van der Waals surface area contributed by atoms with Crippen LogP contribution in [0.25, 0.3) is 88.1 Å². The van der Waals surface area contributed by atoms with Crippen LogP contribution in [0.15, 0.2) is 185 Å². The van der Waals surface area contributed by atoms with Crippen molar-refractivity contribution in [3.63, 3.8) is 0 Å². The monoisotopic (exact) mass is 2080 g/mol. The van der Waals surface area contributed by atoms with Gasteiger partial charge in [0, 0.05) is 165 Å². The number of halogens is 5. The molecule has 0 spiro atoms. The highest BCUT2D eigenvalue weighted by Gasteiger charge is 2.29. The van der Waals surface area contributed by atoms with Crippen molar-refractivity contribution in [3.8, 4) is 91.0 Å². The van der Waals surface area contributed by atoms with Crippen LogP contribution in [0.4, 0.5) is 35.9 Å². The summed E-state index contributed by atoms with van der Waals surface area (Å²) in [6.45, 7) is 13.0. The van der Waals surface area contributed by atoms with Gasteiger partial charge in [-0.05, 0) is 189 Å². The normalized spacial score (nSPS) is 16.0. The van der Waals surface area contributed by atoms with Gasteiger partial charge in [-0.15, -0.1) is 11.3 Å². The molecule has 32 nitrogen and oxygen atoms in total. The number of methoxy groups -OCH3 is 4. The highest BCUT2D eigenvalue weighted by atomic mass is 35.5. The summed E-state index contributed by atoms with van der Waals surface area (Å²) in [4.78, 5) is 52.8. The Morgan fingerprint density at radius 3 is 0.916 bits per heavy atom. The Morgan fingerprint density at radius 1 is 0.350 bits per heavy atom. The largest absolute Gasteiger partial charge is 0.488 e. The zero-order valence-electron chi connectivity index (χ0n) is 79.4. The van der Waals surface area contributed by atoms with Gasteiger partial charge in [-0.1, -0.05) is 23.2 Å². The van der Waals surface area contributed by atoms with Crippen molar-refractivity contribution in [2.24, 2.45) is 0 Å². The SMILES string of the molecule is C=S(=O)(Nc1cc(-c2cc(OC3CCOCC3)c3ncnc(C)c3c2)cnc1OC)c1ccc(Cl)s1.C=S(=O)(Nc1cc(-c2cc(OC3CCOCC3)c3ncnc(C)c3c2)cnc1OC)c1ccc(F)cc1Cl.C=S(=O)(Nc1cc(-c2cc(OC3CCOCC3)c3ncnc(C)c3c2)cnc1OC)c1ccc(F)cc1F.C=S(C)(=O)Nc1cc(-c2cc(OC3CCOCC3)c3ncnc(C)c3c2)cnc1OC. The van der Waals surface area contributed by atoms with E-state index in [0.717, 1.165) is 164 Å². The third-order valence-electron chi connectivity index (χ3n) is 23.5. The van der Waals surface area contributed by atoms with Crippen LogP contribution < -0.4 is 56.8 Å². The number of fused-ring (bicyclic) bond motifs is 4. The number of ether oxygens (including phenoxy) is 12. The Bertz CT molecular complexity index is 7510. The van der Waals surface area contributed by atoms with Gasteiger partial charge in [-0.2, -0.15) is 0 Å². The quantitative estimate of drug-likeness (QED) is 0.0347. The lowest BCUT2D eigenvalue weighted by molar-refractivity contribution is 0.0259. The molecule has 13 heterocycles. The summed E-state index contributed by atoms with van der Waals surface area (Å²) in [5.74, 6) is 16.4. The van der Waals surface area contributed by atoms with Gasteiger partial charge >= 0.3 is 0 Å². The Kier molecular flexibility index (Phi) is 32.5. The number of aryl methyl sites for hydroxylation is 4. The molecule has 0 bridgehead atoms. The first kappa shape index (κ1) is 103. The van der Waals surface area contributed by atoms with Gasteiger partial charge in [0.05, 0.1) is 130 Å². The third kappa shape index (κ3) is 25.0. The van der Waals surface area contributed by atoms with Crippen LogP contribution >= 0.6 is 34.5 Å². The first-order chi connectivity index (χ1) is 68.7. The van der Waals surface area contributed by atoms with Gasteiger partial charge < -0.3 is 75.7 Å². The van der Waals surface area contributed by atoms with Crippen molar-refractivity contribution in [2.45, 2.75) is 117 Å². The van der Waals surface area contributed by atoms with Gasteiger partial charge in [0.15, 0.2) is 0 Å². The van der Waals surface area contributed by atoms with E-state index in [0.29, 0.717) is 136 Å². The number of rotatable bonds is 27. The average molecular weight is 2090 g/mol. The second-order valence-corrected chi connectivity index (χ2v) is 44.4. The summed E-state index contributed by atoms with van der Waals surface area (Å²) in [5, 5.41) is 3.45. The van der Waals surface area contributed by atoms with E-state index in [9.17, 15) is 30.0 Å². The molecule has 0 amide bonds. The molecule has 9 aromatic heterocycles. The van der Waals surface area contributed by atoms with Gasteiger partial charge in [0.25, 0.3) is 0 Å². The second kappa shape index (κ2) is 45.2. The molecule has 4 unspecified atom stereocenters. The van der Waals surface area contributed by atoms with Crippen LogP contribution in [0.5, 0.6) is 46.5 Å². The minimum absolute atomic E-state index is 0.000452. The van der Waals surface area contributed by atoms with Gasteiger partial charge in [-0.3, -0.25) is 0 Å². The van der Waals surface area contributed by atoms with Crippen LogP contribution in [-0.2, 0) is 57.8 Å². The predicted octanol–water partition coefficient (Wildman–Crippen LogP) is 19.0. The van der Waals surface area contributed by atoms with Crippen molar-refractivity contribution in [2.75, 3.05) is 106 Å². The van der Waals surface area contributed by atoms with Crippen LogP contribution in [0.3, 0.4) is 0 Å². The fourth-order valence-electron chi connectivity index (χ4n) is 16.2. The van der Waals surface area contributed by atoms with Crippen molar-refractivity contribution >= 4 is 163 Å². The number of hydrogen-bond acceptors (Lipinski definition) is 29. The maximum Gasteiger partial charge on any atom is 0.238 e. The lowest BCUT2D eigenvalue weighted by atomic mass is 10.0.